The highest BCUT2D eigenvalue weighted by molar-refractivity contribution is 6.31. The topological polar surface area (TPSA) is 43.9 Å². The Hall–Kier alpha value is -2.37. The minimum Gasteiger partial charge on any atom is -0.368 e. The molecule has 0 spiro atoms. The van der Waals surface area contributed by atoms with Crippen molar-refractivity contribution in [1.82, 2.24) is 9.80 Å². The van der Waals surface area contributed by atoms with Crippen molar-refractivity contribution in [3.8, 4) is 0 Å². The fraction of sp³-hybridized carbons (Fsp3) is 0.417. The number of nitrogens with zero attached hydrogens (tertiary/aromatic N) is 3. The molecule has 0 atom stereocenters. The first kappa shape index (κ1) is 20.9. The van der Waals surface area contributed by atoms with Gasteiger partial charge in [-0.2, -0.15) is 0 Å². The summed E-state index contributed by atoms with van der Waals surface area (Å²) >= 11 is 6.26. The van der Waals surface area contributed by atoms with Crippen LogP contribution in [-0.2, 0) is 6.54 Å². The van der Waals surface area contributed by atoms with Crippen LogP contribution >= 0.6 is 11.6 Å². The van der Waals surface area contributed by atoms with Crippen LogP contribution in [0.3, 0.4) is 0 Å². The Bertz CT molecular complexity index is 975. The fourth-order valence-electron chi connectivity index (χ4n) is 4.34. The number of hydrogen-bond donors (Lipinski definition) is 0. The lowest BCUT2D eigenvalue weighted by atomic mass is 9.95. The molecule has 1 saturated heterocycles. The van der Waals surface area contributed by atoms with Crippen LogP contribution in [0.25, 0.3) is 0 Å². The van der Waals surface area contributed by atoms with Crippen LogP contribution in [0.1, 0.15) is 47.1 Å². The normalized spacial score (nSPS) is 17.6. The molecule has 2 aliphatic rings. The van der Waals surface area contributed by atoms with Crippen molar-refractivity contribution < 1.29 is 9.59 Å². The number of fused-ring (bicyclic) bond motifs is 1. The van der Waals surface area contributed by atoms with Gasteiger partial charge < -0.3 is 4.90 Å². The number of carbonyl (C=O) groups is 2. The Morgan fingerprint density at radius 2 is 1.60 bits per heavy atom. The van der Waals surface area contributed by atoms with E-state index in [1.54, 1.807) is 12.1 Å². The summed E-state index contributed by atoms with van der Waals surface area (Å²) in [6.07, 6.45) is 0. The molecular weight excluding hydrogens is 398 g/mol. The van der Waals surface area contributed by atoms with Crippen molar-refractivity contribution in [2.45, 2.75) is 27.3 Å². The summed E-state index contributed by atoms with van der Waals surface area (Å²) in [5.41, 5.74) is 2.91. The van der Waals surface area contributed by atoms with E-state index in [9.17, 15) is 9.59 Å². The summed E-state index contributed by atoms with van der Waals surface area (Å²) in [5, 5.41) is 0.559. The summed E-state index contributed by atoms with van der Waals surface area (Å²) in [4.78, 5) is 32.3. The molecule has 2 heterocycles. The molecule has 0 aliphatic carbocycles. The molecule has 0 saturated carbocycles. The molecule has 0 N–H and O–H groups in total. The molecule has 0 bridgehead atoms. The Morgan fingerprint density at radius 1 is 0.900 bits per heavy atom. The monoisotopic (exact) mass is 425 g/mol. The SMILES string of the molecule is CC(C)(C)CN1CCN(c2cccc3c2C(=O)N(Cc2ccccc2Cl)C3=O)CC1. The number of halogens is 1. The first-order valence-electron chi connectivity index (χ1n) is 10.4. The van der Waals surface area contributed by atoms with Gasteiger partial charge >= 0.3 is 0 Å². The maximum atomic E-state index is 13.3. The van der Waals surface area contributed by atoms with Crippen molar-refractivity contribution >= 4 is 29.1 Å². The Balaban J connectivity index is 1.55. The van der Waals surface area contributed by atoms with E-state index < -0.39 is 0 Å². The number of carbonyl (C=O) groups excluding carboxylic acids is 2. The van der Waals surface area contributed by atoms with Gasteiger partial charge in [-0.3, -0.25) is 19.4 Å². The van der Waals surface area contributed by atoms with Gasteiger partial charge in [0, 0.05) is 37.7 Å². The van der Waals surface area contributed by atoms with Crippen LogP contribution in [0, 0.1) is 5.41 Å². The first-order valence-corrected chi connectivity index (χ1v) is 10.8. The molecule has 6 heteroatoms. The highest BCUT2D eigenvalue weighted by Gasteiger charge is 2.39. The van der Waals surface area contributed by atoms with E-state index in [4.69, 9.17) is 11.6 Å². The third kappa shape index (κ3) is 4.09. The third-order valence-corrected chi connectivity index (χ3v) is 6.04. The van der Waals surface area contributed by atoms with Crippen LogP contribution in [0.2, 0.25) is 5.02 Å². The van der Waals surface area contributed by atoms with E-state index >= 15 is 0 Å². The lowest BCUT2D eigenvalue weighted by molar-refractivity contribution is 0.0642. The average Bonchev–Trinajstić information content (AvgIpc) is 2.94. The van der Waals surface area contributed by atoms with Crippen molar-refractivity contribution in [1.29, 1.82) is 0 Å². The van der Waals surface area contributed by atoms with Crippen LogP contribution in [0.5, 0.6) is 0 Å². The van der Waals surface area contributed by atoms with Gasteiger partial charge in [-0.25, -0.2) is 0 Å². The number of hydrogen-bond acceptors (Lipinski definition) is 4. The van der Waals surface area contributed by atoms with E-state index in [0.717, 1.165) is 44.0 Å². The number of amides is 2. The zero-order chi connectivity index (χ0) is 21.5. The largest absolute Gasteiger partial charge is 0.368 e. The molecule has 2 aromatic carbocycles. The van der Waals surface area contributed by atoms with Crippen molar-refractivity contribution in [3.63, 3.8) is 0 Å². The number of rotatable bonds is 4. The summed E-state index contributed by atoms with van der Waals surface area (Å²) in [7, 11) is 0. The molecule has 1 fully saturated rings. The van der Waals surface area contributed by atoms with Crippen molar-refractivity contribution in [3.05, 3.63) is 64.2 Å². The molecule has 0 unspecified atom stereocenters. The van der Waals surface area contributed by atoms with Gasteiger partial charge in [0.05, 0.1) is 23.4 Å². The zero-order valence-electron chi connectivity index (χ0n) is 17.8. The molecule has 0 radical (unpaired) electrons. The third-order valence-electron chi connectivity index (χ3n) is 5.67. The molecule has 2 aromatic rings. The van der Waals surface area contributed by atoms with Gasteiger partial charge in [0.1, 0.15) is 0 Å². The van der Waals surface area contributed by atoms with Gasteiger partial charge in [-0.05, 0) is 29.2 Å². The summed E-state index contributed by atoms with van der Waals surface area (Å²) in [5.74, 6) is -0.481. The standard InChI is InChI=1S/C24H28ClN3O2/c1-24(2,3)16-26-11-13-27(14-12-26)20-10-6-8-18-21(20)23(30)28(22(18)29)15-17-7-4-5-9-19(17)25/h4-10H,11-16H2,1-3H3. The van der Waals surface area contributed by atoms with E-state index in [2.05, 4.69) is 30.6 Å². The van der Waals surface area contributed by atoms with Gasteiger partial charge in [0.2, 0.25) is 0 Å². The second-order valence-electron chi connectivity index (χ2n) is 9.31. The minimum absolute atomic E-state index is 0.185. The Kier molecular flexibility index (Phi) is 5.60. The summed E-state index contributed by atoms with van der Waals surface area (Å²) in [6.45, 7) is 11.6. The van der Waals surface area contributed by atoms with Gasteiger partial charge in [0.15, 0.2) is 0 Å². The molecule has 4 rings (SSSR count). The molecule has 2 aliphatic heterocycles. The van der Waals surface area contributed by atoms with E-state index in [1.807, 2.05) is 30.3 Å². The van der Waals surface area contributed by atoms with E-state index in [0.29, 0.717) is 16.1 Å². The van der Waals surface area contributed by atoms with Crippen LogP contribution in [0.15, 0.2) is 42.5 Å². The minimum atomic E-state index is -0.247. The molecule has 30 heavy (non-hydrogen) atoms. The smallest absolute Gasteiger partial charge is 0.263 e. The predicted molar refractivity (Wildman–Crippen MR) is 120 cm³/mol. The second-order valence-corrected chi connectivity index (χ2v) is 9.72. The summed E-state index contributed by atoms with van der Waals surface area (Å²) in [6, 6.07) is 12.9. The van der Waals surface area contributed by atoms with E-state index in [1.165, 1.54) is 4.90 Å². The second kappa shape index (κ2) is 8.05. The first-order chi connectivity index (χ1) is 14.2. The molecule has 158 valence electrons. The predicted octanol–water partition coefficient (Wildman–Crippen LogP) is 4.30. The molecule has 5 nitrogen and oxygen atoms in total. The Morgan fingerprint density at radius 3 is 2.27 bits per heavy atom. The maximum absolute atomic E-state index is 13.3. The molecular formula is C24H28ClN3O2. The van der Waals surface area contributed by atoms with Gasteiger partial charge in [-0.1, -0.05) is 56.6 Å². The van der Waals surface area contributed by atoms with E-state index in [-0.39, 0.29) is 23.8 Å². The number of benzene rings is 2. The highest BCUT2D eigenvalue weighted by atomic mass is 35.5. The lowest BCUT2D eigenvalue weighted by Crippen LogP contribution is -2.49. The number of imide groups is 1. The maximum Gasteiger partial charge on any atom is 0.263 e. The molecule has 0 aromatic heterocycles. The van der Waals surface area contributed by atoms with Crippen molar-refractivity contribution in [2.75, 3.05) is 37.6 Å². The number of piperazine rings is 1. The quantitative estimate of drug-likeness (QED) is 0.685. The Labute approximate surface area is 183 Å². The lowest BCUT2D eigenvalue weighted by Gasteiger charge is -2.39. The van der Waals surface area contributed by atoms with Gasteiger partial charge in [-0.15, -0.1) is 0 Å². The average molecular weight is 426 g/mol. The zero-order valence-corrected chi connectivity index (χ0v) is 18.6. The van der Waals surface area contributed by atoms with Crippen LogP contribution in [0.4, 0.5) is 5.69 Å². The van der Waals surface area contributed by atoms with Gasteiger partial charge in [0.25, 0.3) is 11.8 Å². The molecule has 2 amide bonds. The summed E-state index contributed by atoms with van der Waals surface area (Å²) < 4.78 is 0. The fourth-order valence-corrected chi connectivity index (χ4v) is 4.53. The van der Waals surface area contributed by atoms with Crippen LogP contribution in [-0.4, -0.2) is 54.3 Å². The highest BCUT2D eigenvalue weighted by Crippen LogP contribution is 2.34. The number of anilines is 1. The van der Waals surface area contributed by atoms with Crippen LogP contribution < -0.4 is 4.90 Å². The van der Waals surface area contributed by atoms with Crippen molar-refractivity contribution in [2.24, 2.45) is 5.41 Å².